The van der Waals surface area contributed by atoms with E-state index in [1.165, 1.54) is 6.26 Å². The molecule has 1 unspecified atom stereocenters. The number of carbonyl (C=O) groups is 1. The average Bonchev–Trinajstić information content (AvgIpc) is 3.65. The maximum Gasteiger partial charge on any atom is 0.266 e. The van der Waals surface area contributed by atoms with Crippen molar-refractivity contribution in [3.8, 4) is 17.7 Å². The normalized spacial score (nSPS) is 15.3. The summed E-state index contributed by atoms with van der Waals surface area (Å²) in [5, 5.41) is 21.4. The van der Waals surface area contributed by atoms with Gasteiger partial charge in [-0.05, 0) is 55.5 Å². The molecule has 0 aromatic carbocycles. The van der Waals surface area contributed by atoms with E-state index in [2.05, 4.69) is 26.6 Å². The summed E-state index contributed by atoms with van der Waals surface area (Å²) in [5.74, 6) is 2.68. The number of nitrogens with zero attached hydrogens (tertiary/aromatic N) is 6. The minimum Gasteiger partial charge on any atom is -0.459 e. The van der Waals surface area contributed by atoms with Gasteiger partial charge in [-0.25, -0.2) is 0 Å². The molecule has 11 heteroatoms. The molecule has 5 rings (SSSR count). The van der Waals surface area contributed by atoms with Crippen LogP contribution < -0.4 is 10.2 Å². The number of fused-ring (bicyclic) bond motifs is 1. The first-order valence-corrected chi connectivity index (χ1v) is 12.9. The lowest BCUT2D eigenvalue weighted by Gasteiger charge is -2.31. The molecule has 10 nitrogen and oxygen atoms in total. The molecule has 1 amide bonds. The number of furan rings is 1. The van der Waals surface area contributed by atoms with Crippen molar-refractivity contribution < 1.29 is 13.6 Å². The van der Waals surface area contributed by atoms with Crippen molar-refractivity contribution >= 4 is 29.2 Å². The van der Waals surface area contributed by atoms with Gasteiger partial charge in [-0.3, -0.25) is 9.20 Å². The van der Waals surface area contributed by atoms with Crippen LogP contribution in [-0.2, 0) is 4.79 Å². The summed E-state index contributed by atoms with van der Waals surface area (Å²) < 4.78 is 13.1. The Kier molecular flexibility index (Phi) is 6.72. The van der Waals surface area contributed by atoms with Crippen molar-refractivity contribution in [2.24, 2.45) is 5.92 Å². The van der Waals surface area contributed by atoms with E-state index in [0.717, 1.165) is 23.6 Å². The molecule has 1 saturated heterocycles. The minimum atomic E-state index is -0.222. The predicted octanol–water partition coefficient (Wildman–Crippen LogP) is 3.68. The maximum absolute atomic E-state index is 13.2. The molecule has 5 heterocycles. The van der Waals surface area contributed by atoms with Crippen molar-refractivity contribution in [1.29, 1.82) is 5.26 Å². The van der Waals surface area contributed by atoms with Gasteiger partial charge in [-0.1, -0.05) is 6.07 Å². The highest BCUT2D eigenvalue weighted by Crippen LogP contribution is 2.31. The van der Waals surface area contributed by atoms with Gasteiger partial charge in [-0.15, -0.1) is 10.2 Å². The number of hydrogen-bond donors (Lipinski definition) is 1. The maximum atomic E-state index is 13.2. The minimum absolute atomic E-state index is 0.0118. The highest BCUT2D eigenvalue weighted by Gasteiger charge is 2.31. The second kappa shape index (κ2) is 10.2. The first-order chi connectivity index (χ1) is 17.2. The van der Waals surface area contributed by atoms with Crippen molar-refractivity contribution in [3.63, 3.8) is 0 Å². The summed E-state index contributed by atoms with van der Waals surface area (Å²) in [6.45, 7) is 1.17. The van der Waals surface area contributed by atoms with Gasteiger partial charge in [0.05, 0.1) is 12.3 Å². The van der Waals surface area contributed by atoms with Gasteiger partial charge in [0.1, 0.15) is 6.07 Å². The summed E-state index contributed by atoms with van der Waals surface area (Å²) in [7, 11) is 0. The predicted molar refractivity (Wildman–Crippen MR) is 131 cm³/mol. The standard InChI is InChI=1S/C24H25N7O3S/c1-35-14-9-17(21-29-28-20-6-2-3-10-31(20)21)26-22(32)16-7-11-30(12-8-16)24-18(15-25)27-23(34-24)19-5-4-13-33-19/h2-6,10,13,16-17H,7-9,11-12,14H2,1H3,(H,26,32). The number of rotatable bonds is 8. The molecular formula is C24H25N7O3S. The van der Waals surface area contributed by atoms with Crippen molar-refractivity contribution in [1.82, 2.24) is 24.9 Å². The fraction of sp³-hybridized carbons (Fsp3) is 0.375. The zero-order valence-electron chi connectivity index (χ0n) is 19.3. The third-order valence-corrected chi connectivity index (χ3v) is 6.82. The number of oxazole rings is 1. The zero-order chi connectivity index (χ0) is 24.2. The van der Waals surface area contributed by atoms with E-state index in [1.54, 1.807) is 23.9 Å². The highest BCUT2D eigenvalue weighted by molar-refractivity contribution is 7.98. The largest absolute Gasteiger partial charge is 0.459 e. The molecule has 0 spiro atoms. The first kappa shape index (κ1) is 23.0. The summed E-state index contributed by atoms with van der Waals surface area (Å²) in [6, 6.07) is 11.1. The topological polar surface area (TPSA) is 125 Å². The average molecular weight is 492 g/mol. The summed E-state index contributed by atoms with van der Waals surface area (Å²) in [6.07, 6.45) is 7.55. The van der Waals surface area contributed by atoms with Crippen LogP contribution in [0, 0.1) is 17.2 Å². The van der Waals surface area contributed by atoms with Crippen molar-refractivity contribution in [3.05, 3.63) is 54.3 Å². The van der Waals surface area contributed by atoms with Crippen LogP contribution in [0.3, 0.4) is 0 Å². The molecule has 1 aliphatic rings. The molecule has 4 aromatic rings. The van der Waals surface area contributed by atoms with Crippen molar-refractivity contribution in [2.75, 3.05) is 30.0 Å². The van der Waals surface area contributed by atoms with Crippen LogP contribution in [-0.4, -0.2) is 50.6 Å². The molecular weight excluding hydrogens is 466 g/mol. The lowest BCUT2D eigenvalue weighted by atomic mass is 9.95. The van der Waals surface area contributed by atoms with Crippen LogP contribution in [0.5, 0.6) is 0 Å². The number of amides is 1. The Hall–Kier alpha value is -3.78. The van der Waals surface area contributed by atoms with Gasteiger partial charge in [0.15, 0.2) is 17.2 Å². The zero-order valence-corrected chi connectivity index (χ0v) is 20.1. The molecule has 0 bridgehead atoms. The van der Waals surface area contributed by atoms with E-state index in [-0.39, 0.29) is 29.5 Å². The molecule has 1 atom stereocenters. The van der Waals surface area contributed by atoms with Gasteiger partial charge in [-0.2, -0.15) is 22.0 Å². The highest BCUT2D eigenvalue weighted by atomic mass is 32.2. The van der Waals surface area contributed by atoms with Crippen LogP contribution >= 0.6 is 11.8 Å². The Balaban J connectivity index is 1.26. The number of pyridine rings is 1. The van der Waals surface area contributed by atoms with Crippen molar-refractivity contribution in [2.45, 2.75) is 25.3 Å². The lowest BCUT2D eigenvalue weighted by Crippen LogP contribution is -2.42. The molecule has 4 aromatic heterocycles. The number of hydrogen-bond acceptors (Lipinski definition) is 9. The smallest absolute Gasteiger partial charge is 0.266 e. The number of nitrogens with one attached hydrogen (secondary N) is 1. The second-order valence-electron chi connectivity index (χ2n) is 8.35. The number of anilines is 1. The van der Waals surface area contributed by atoms with E-state index in [1.807, 2.05) is 40.0 Å². The first-order valence-electron chi connectivity index (χ1n) is 11.5. The van der Waals surface area contributed by atoms with Crippen LogP contribution in [0.1, 0.15) is 36.8 Å². The Morgan fingerprint density at radius 3 is 2.89 bits per heavy atom. The number of aromatic nitrogens is 4. The van der Waals surface area contributed by atoms with E-state index in [9.17, 15) is 10.1 Å². The van der Waals surface area contributed by atoms with Gasteiger partial charge in [0, 0.05) is 25.2 Å². The molecule has 0 saturated carbocycles. The Morgan fingerprint density at radius 1 is 1.29 bits per heavy atom. The van der Waals surface area contributed by atoms with Gasteiger partial charge < -0.3 is 19.1 Å². The Morgan fingerprint density at radius 2 is 2.14 bits per heavy atom. The summed E-state index contributed by atoms with van der Waals surface area (Å²) in [4.78, 5) is 19.5. The summed E-state index contributed by atoms with van der Waals surface area (Å²) >= 11 is 1.73. The van der Waals surface area contributed by atoms with E-state index < -0.39 is 0 Å². The number of piperidine rings is 1. The lowest BCUT2D eigenvalue weighted by molar-refractivity contribution is -0.126. The second-order valence-corrected chi connectivity index (χ2v) is 9.34. The molecule has 1 N–H and O–H groups in total. The fourth-order valence-corrected chi connectivity index (χ4v) is 4.81. The summed E-state index contributed by atoms with van der Waals surface area (Å²) in [5.41, 5.74) is 0.976. The van der Waals surface area contributed by atoms with E-state index >= 15 is 0 Å². The quantitative estimate of drug-likeness (QED) is 0.393. The van der Waals surface area contributed by atoms with E-state index in [4.69, 9.17) is 8.83 Å². The Bertz CT molecular complexity index is 1330. The molecule has 35 heavy (non-hydrogen) atoms. The van der Waals surface area contributed by atoms with Crippen LogP contribution in [0.25, 0.3) is 17.3 Å². The van der Waals surface area contributed by atoms with Crippen LogP contribution in [0.4, 0.5) is 5.88 Å². The number of thioether (sulfide) groups is 1. The van der Waals surface area contributed by atoms with Gasteiger partial charge in [0.25, 0.3) is 5.89 Å². The molecule has 180 valence electrons. The Labute approximate surface area is 206 Å². The third-order valence-electron chi connectivity index (χ3n) is 6.18. The molecule has 0 aliphatic carbocycles. The fourth-order valence-electron chi connectivity index (χ4n) is 4.34. The van der Waals surface area contributed by atoms with E-state index in [0.29, 0.717) is 37.6 Å². The number of nitriles is 1. The SMILES string of the molecule is CSCCC(NC(=O)C1CCN(c2oc(-c3ccco3)nc2C#N)CC1)c1nnc2ccccn12. The van der Waals surface area contributed by atoms with Gasteiger partial charge in [0.2, 0.25) is 17.5 Å². The molecule has 1 aliphatic heterocycles. The molecule has 1 fully saturated rings. The monoisotopic (exact) mass is 491 g/mol. The van der Waals surface area contributed by atoms with Gasteiger partial charge >= 0.3 is 0 Å². The van der Waals surface area contributed by atoms with Crippen LogP contribution in [0.2, 0.25) is 0 Å². The van der Waals surface area contributed by atoms with Crippen LogP contribution in [0.15, 0.2) is 51.6 Å². The number of carbonyl (C=O) groups excluding carboxylic acids is 1. The third kappa shape index (κ3) is 4.74. The molecule has 0 radical (unpaired) electrons.